The fraction of sp³-hybridized carbons (Fsp3) is 0.571. The molecular formula is C14H20O3S. The average molecular weight is 268 g/mol. The molecule has 0 N–H and O–H groups in total. The number of sulfone groups is 1. The van der Waals surface area contributed by atoms with Crippen LogP contribution >= 0.6 is 0 Å². The molecule has 0 aliphatic heterocycles. The van der Waals surface area contributed by atoms with Crippen molar-refractivity contribution < 1.29 is 13.2 Å². The number of hydrogen-bond acceptors (Lipinski definition) is 3. The van der Waals surface area contributed by atoms with Crippen LogP contribution in [0.4, 0.5) is 0 Å². The third-order valence-electron chi connectivity index (χ3n) is 3.45. The van der Waals surface area contributed by atoms with E-state index in [0.717, 1.165) is 12.8 Å². The number of rotatable bonds is 6. The van der Waals surface area contributed by atoms with Gasteiger partial charge in [-0.3, -0.25) is 0 Å². The van der Waals surface area contributed by atoms with Crippen molar-refractivity contribution in [3.05, 3.63) is 35.9 Å². The van der Waals surface area contributed by atoms with E-state index in [-0.39, 0.29) is 11.9 Å². The van der Waals surface area contributed by atoms with Crippen molar-refractivity contribution >= 4 is 9.84 Å². The third kappa shape index (κ3) is 3.82. The van der Waals surface area contributed by atoms with Crippen LogP contribution in [0, 0.1) is 5.92 Å². The average Bonchev–Trinajstić information content (AvgIpc) is 2.33. The number of hydrogen-bond donors (Lipinski definition) is 0. The molecule has 0 saturated heterocycles. The minimum Gasteiger partial charge on any atom is -0.374 e. The molecule has 1 fully saturated rings. The van der Waals surface area contributed by atoms with Gasteiger partial charge in [0.05, 0.1) is 18.5 Å². The Morgan fingerprint density at radius 2 is 1.89 bits per heavy atom. The van der Waals surface area contributed by atoms with Gasteiger partial charge in [0.2, 0.25) is 0 Å². The molecule has 0 radical (unpaired) electrons. The largest absolute Gasteiger partial charge is 0.374 e. The van der Waals surface area contributed by atoms with Gasteiger partial charge in [-0.05, 0) is 24.3 Å². The summed E-state index contributed by atoms with van der Waals surface area (Å²) in [6, 6.07) is 10.1. The van der Waals surface area contributed by atoms with Gasteiger partial charge < -0.3 is 4.74 Å². The Hall–Kier alpha value is -0.870. The summed E-state index contributed by atoms with van der Waals surface area (Å²) in [5.41, 5.74) is 1.17. The second-order valence-corrected chi connectivity index (χ2v) is 7.35. The summed E-state index contributed by atoms with van der Waals surface area (Å²) < 4.78 is 28.6. The predicted molar refractivity (Wildman–Crippen MR) is 72.1 cm³/mol. The van der Waals surface area contributed by atoms with Crippen molar-refractivity contribution in [3.63, 3.8) is 0 Å². The minimum absolute atomic E-state index is 0.238. The highest BCUT2D eigenvalue weighted by atomic mass is 32.2. The van der Waals surface area contributed by atoms with Crippen LogP contribution in [0.25, 0.3) is 0 Å². The van der Waals surface area contributed by atoms with Gasteiger partial charge in [0.15, 0.2) is 0 Å². The standard InChI is InChI=1S/C14H20O3S/c1-2-18(15,16)11-13-8-14(9-13)17-10-12-6-4-3-5-7-12/h3-7,13-14H,2,8-11H2,1H3. The zero-order valence-electron chi connectivity index (χ0n) is 10.7. The first kappa shape index (κ1) is 13.6. The monoisotopic (exact) mass is 268 g/mol. The second kappa shape index (κ2) is 5.85. The van der Waals surface area contributed by atoms with Crippen LogP contribution < -0.4 is 0 Å². The maximum absolute atomic E-state index is 11.4. The molecule has 1 aromatic carbocycles. The van der Waals surface area contributed by atoms with E-state index in [0.29, 0.717) is 18.3 Å². The first-order chi connectivity index (χ1) is 8.59. The van der Waals surface area contributed by atoms with Gasteiger partial charge in [0.1, 0.15) is 9.84 Å². The van der Waals surface area contributed by atoms with Crippen LogP contribution in [0.2, 0.25) is 0 Å². The SMILES string of the molecule is CCS(=O)(=O)CC1CC(OCc2ccccc2)C1. The van der Waals surface area contributed by atoms with Crippen LogP contribution in [0.1, 0.15) is 25.3 Å². The molecular weight excluding hydrogens is 248 g/mol. The molecule has 0 bridgehead atoms. The van der Waals surface area contributed by atoms with E-state index < -0.39 is 9.84 Å². The quantitative estimate of drug-likeness (QED) is 0.796. The topological polar surface area (TPSA) is 43.4 Å². The lowest BCUT2D eigenvalue weighted by Gasteiger charge is -2.34. The Labute approximate surface area is 109 Å². The van der Waals surface area contributed by atoms with Crippen LogP contribution in [0.5, 0.6) is 0 Å². The number of ether oxygens (including phenoxy) is 1. The molecule has 4 heteroatoms. The van der Waals surface area contributed by atoms with Gasteiger partial charge in [0.25, 0.3) is 0 Å². The molecule has 0 spiro atoms. The Morgan fingerprint density at radius 3 is 2.50 bits per heavy atom. The lowest BCUT2D eigenvalue weighted by atomic mass is 9.84. The predicted octanol–water partition coefficient (Wildman–Crippen LogP) is 2.42. The zero-order chi connectivity index (χ0) is 13.0. The first-order valence-corrected chi connectivity index (χ1v) is 8.27. The summed E-state index contributed by atoms with van der Waals surface area (Å²) in [6.07, 6.45) is 2.00. The molecule has 0 unspecified atom stereocenters. The maximum atomic E-state index is 11.4. The van der Waals surface area contributed by atoms with Gasteiger partial charge >= 0.3 is 0 Å². The highest BCUT2D eigenvalue weighted by molar-refractivity contribution is 7.91. The Kier molecular flexibility index (Phi) is 4.40. The minimum atomic E-state index is -2.83. The maximum Gasteiger partial charge on any atom is 0.150 e. The molecule has 1 aromatic rings. The molecule has 0 atom stereocenters. The lowest BCUT2D eigenvalue weighted by Crippen LogP contribution is -2.35. The number of benzene rings is 1. The van der Waals surface area contributed by atoms with E-state index in [9.17, 15) is 8.42 Å². The Balaban J connectivity index is 1.68. The molecule has 0 amide bonds. The normalized spacial score (nSPS) is 23.6. The van der Waals surface area contributed by atoms with Crippen molar-refractivity contribution in [3.8, 4) is 0 Å². The molecule has 1 aliphatic rings. The fourth-order valence-electron chi connectivity index (χ4n) is 2.21. The zero-order valence-corrected chi connectivity index (χ0v) is 11.5. The summed E-state index contributed by atoms with van der Waals surface area (Å²) in [7, 11) is -2.83. The van der Waals surface area contributed by atoms with Crippen molar-refractivity contribution in [1.29, 1.82) is 0 Å². The summed E-state index contributed by atoms with van der Waals surface area (Å²) >= 11 is 0. The molecule has 1 saturated carbocycles. The van der Waals surface area contributed by atoms with Crippen molar-refractivity contribution in [2.75, 3.05) is 11.5 Å². The van der Waals surface area contributed by atoms with Crippen LogP contribution in [0.3, 0.4) is 0 Å². The van der Waals surface area contributed by atoms with Crippen LogP contribution in [-0.2, 0) is 21.2 Å². The molecule has 2 rings (SSSR count). The smallest absolute Gasteiger partial charge is 0.150 e. The van der Waals surface area contributed by atoms with Gasteiger partial charge in [-0.2, -0.15) is 0 Å². The van der Waals surface area contributed by atoms with E-state index in [1.165, 1.54) is 5.56 Å². The Bertz CT molecular complexity index is 461. The highest BCUT2D eigenvalue weighted by Gasteiger charge is 2.32. The van der Waals surface area contributed by atoms with Crippen molar-refractivity contribution in [2.24, 2.45) is 5.92 Å². The van der Waals surface area contributed by atoms with Crippen molar-refractivity contribution in [1.82, 2.24) is 0 Å². The van der Waals surface area contributed by atoms with Gasteiger partial charge in [-0.25, -0.2) is 8.42 Å². The van der Waals surface area contributed by atoms with Gasteiger partial charge in [-0.1, -0.05) is 37.3 Å². The molecule has 18 heavy (non-hydrogen) atoms. The summed E-state index contributed by atoms with van der Waals surface area (Å²) in [5, 5.41) is 0. The molecule has 100 valence electrons. The molecule has 0 aromatic heterocycles. The van der Waals surface area contributed by atoms with Crippen LogP contribution in [-0.4, -0.2) is 26.0 Å². The lowest BCUT2D eigenvalue weighted by molar-refractivity contribution is -0.0343. The fourth-order valence-corrected chi connectivity index (χ4v) is 3.44. The summed E-state index contributed by atoms with van der Waals surface area (Å²) in [4.78, 5) is 0. The highest BCUT2D eigenvalue weighted by Crippen LogP contribution is 2.31. The van der Waals surface area contributed by atoms with Crippen molar-refractivity contribution in [2.45, 2.75) is 32.5 Å². The van der Waals surface area contributed by atoms with E-state index in [1.54, 1.807) is 6.92 Å². The van der Waals surface area contributed by atoms with E-state index in [2.05, 4.69) is 0 Å². The molecule has 1 aliphatic carbocycles. The van der Waals surface area contributed by atoms with Crippen LogP contribution in [0.15, 0.2) is 30.3 Å². The second-order valence-electron chi connectivity index (χ2n) is 4.95. The van der Waals surface area contributed by atoms with E-state index in [4.69, 9.17) is 4.74 Å². The third-order valence-corrected chi connectivity index (χ3v) is 5.31. The molecule has 3 nitrogen and oxygen atoms in total. The van der Waals surface area contributed by atoms with Gasteiger partial charge in [0, 0.05) is 5.75 Å². The summed E-state index contributed by atoms with van der Waals surface area (Å²) in [5.74, 6) is 0.879. The van der Waals surface area contributed by atoms with E-state index >= 15 is 0 Å². The molecule has 0 heterocycles. The van der Waals surface area contributed by atoms with Gasteiger partial charge in [-0.15, -0.1) is 0 Å². The first-order valence-electron chi connectivity index (χ1n) is 6.45. The van der Waals surface area contributed by atoms with E-state index in [1.807, 2.05) is 30.3 Å². The Morgan fingerprint density at radius 1 is 1.22 bits per heavy atom. The summed E-state index contributed by atoms with van der Waals surface area (Å²) in [6.45, 7) is 2.33.